The fraction of sp³-hybridized carbons (Fsp3) is 0.900. The predicted molar refractivity (Wildman–Crippen MR) is 58.6 cm³/mol. The minimum Gasteiger partial charge on any atom is -0.341 e. The second kappa shape index (κ2) is 6.25. The van der Waals surface area contributed by atoms with Gasteiger partial charge in [-0.2, -0.15) is 0 Å². The van der Waals surface area contributed by atoms with Crippen molar-refractivity contribution in [3.05, 3.63) is 0 Å². The molecule has 0 saturated carbocycles. The summed E-state index contributed by atoms with van der Waals surface area (Å²) in [5.74, 6) is 0.848. The second-order valence-electron chi connectivity index (χ2n) is 3.83. The van der Waals surface area contributed by atoms with Crippen LogP contribution in [-0.2, 0) is 4.79 Å². The van der Waals surface area contributed by atoms with E-state index in [0.717, 1.165) is 39.0 Å². The Hall–Kier alpha value is -0.280. The Labute approximate surface area is 91.0 Å². The fourth-order valence-electron chi connectivity index (χ4n) is 1.67. The lowest BCUT2D eigenvalue weighted by atomic mass is 10.3. The van der Waals surface area contributed by atoms with E-state index in [0.29, 0.717) is 12.3 Å². The maximum Gasteiger partial charge on any atom is 0.222 e. The van der Waals surface area contributed by atoms with Crippen molar-refractivity contribution in [1.29, 1.82) is 0 Å². The third-order valence-corrected chi connectivity index (χ3v) is 2.86. The van der Waals surface area contributed by atoms with Gasteiger partial charge in [-0.3, -0.25) is 4.79 Å². The van der Waals surface area contributed by atoms with Crippen LogP contribution in [0, 0.1) is 0 Å². The molecule has 1 fully saturated rings. The van der Waals surface area contributed by atoms with Crippen LogP contribution >= 0.6 is 11.6 Å². The zero-order chi connectivity index (χ0) is 10.4. The van der Waals surface area contributed by atoms with Gasteiger partial charge in [0.05, 0.1) is 0 Å². The van der Waals surface area contributed by atoms with Gasteiger partial charge in [-0.15, -0.1) is 11.6 Å². The maximum atomic E-state index is 11.7. The monoisotopic (exact) mass is 218 g/mol. The van der Waals surface area contributed by atoms with E-state index in [-0.39, 0.29) is 5.91 Å². The molecule has 0 aromatic carbocycles. The zero-order valence-corrected chi connectivity index (χ0v) is 9.59. The molecule has 0 N–H and O–H groups in total. The standard InChI is InChI=1S/C10H19ClN2O/c1-12-6-3-7-13(9-8-12)10(14)4-2-5-11/h2-9H2,1H3. The van der Waals surface area contributed by atoms with Gasteiger partial charge in [0.15, 0.2) is 0 Å². The van der Waals surface area contributed by atoms with Gasteiger partial charge in [-0.25, -0.2) is 0 Å². The van der Waals surface area contributed by atoms with Crippen LogP contribution in [0.15, 0.2) is 0 Å². The van der Waals surface area contributed by atoms with Crippen LogP contribution in [0.3, 0.4) is 0 Å². The summed E-state index contributed by atoms with van der Waals surface area (Å²) < 4.78 is 0. The molecule has 1 amide bonds. The molecular formula is C10H19ClN2O. The minimum absolute atomic E-state index is 0.265. The van der Waals surface area contributed by atoms with Gasteiger partial charge in [0.25, 0.3) is 0 Å². The highest BCUT2D eigenvalue weighted by Crippen LogP contribution is 2.05. The van der Waals surface area contributed by atoms with E-state index >= 15 is 0 Å². The summed E-state index contributed by atoms with van der Waals surface area (Å²) in [5, 5.41) is 0. The molecule has 3 nitrogen and oxygen atoms in total. The van der Waals surface area contributed by atoms with E-state index in [9.17, 15) is 4.79 Å². The molecule has 0 radical (unpaired) electrons. The Bertz CT molecular complexity index is 187. The average Bonchev–Trinajstić information content (AvgIpc) is 2.39. The smallest absolute Gasteiger partial charge is 0.222 e. The van der Waals surface area contributed by atoms with Crippen LogP contribution in [0.2, 0.25) is 0 Å². The lowest BCUT2D eigenvalue weighted by Crippen LogP contribution is -2.34. The normalized spacial score (nSPS) is 19.4. The van der Waals surface area contributed by atoms with Gasteiger partial charge in [0, 0.05) is 31.9 Å². The number of hydrogen-bond acceptors (Lipinski definition) is 2. The van der Waals surface area contributed by atoms with Crippen molar-refractivity contribution in [2.24, 2.45) is 0 Å². The summed E-state index contributed by atoms with van der Waals surface area (Å²) in [6.07, 6.45) is 2.49. The van der Waals surface area contributed by atoms with E-state index in [4.69, 9.17) is 11.6 Å². The third kappa shape index (κ3) is 3.84. The van der Waals surface area contributed by atoms with E-state index < -0.39 is 0 Å². The number of carbonyl (C=O) groups excluding carboxylic acids is 1. The van der Waals surface area contributed by atoms with Crippen molar-refractivity contribution < 1.29 is 4.79 Å². The number of amides is 1. The highest BCUT2D eigenvalue weighted by Gasteiger charge is 2.16. The molecule has 0 atom stereocenters. The molecular weight excluding hydrogens is 200 g/mol. The molecule has 1 aliphatic rings. The molecule has 0 unspecified atom stereocenters. The van der Waals surface area contributed by atoms with E-state index in [1.165, 1.54) is 0 Å². The Morgan fingerprint density at radius 1 is 1.29 bits per heavy atom. The summed E-state index contributed by atoms with van der Waals surface area (Å²) in [4.78, 5) is 15.9. The topological polar surface area (TPSA) is 23.6 Å². The molecule has 0 spiro atoms. The minimum atomic E-state index is 0.265. The third-order valence-electron chi connectivity index (χ3n) is 2.60. The SMILES string of the molecule is CN1CCCN(C(=O)CCCCl)CC1. The number of rotatable bonds is 3. The highest BCUT2D eigenvalue weighted by atomic mass is 35.5. The summed E-state index contributed by atoms with van der Waals surface area (Å²) in [7, 11) is 2.10. The van der Waals surface area contributed by atoms with E-state index in [1.54, 1.807) is 0 Å². The van der Waals surface area contributed by atoms with Crippen LogP contribution in [0.5, 0.6) is 0 Å². The largest absolute Gasteiger partial charge is 0.341 e. The molecule has 1 heterocycles. The molecule has 0 aliphatic carbocycles. The first-order valence-corrected chi connectivity index (χ1v) is 5.80. The van der Waals surface area contributed by atoms with E-state index in [1.807, 2.05) is 4.90 Å². The van der Waals surface area contributed by atoms with Crippen molar-refractivity contribution >= 4 is 17.5 Å². The molecule has 0 bridgehead atoms. The van der Waals surface area contributed by atoms with Crippen molar-refractivity contribution in [3.63, 3.8) is 0 Å². The first kappa shape index (κ1) is 11.8. The molecule has 0 aromatic heterocycles. The molecule has 1 aliphatic heterocycles. The Kier molecular flexibility index (Phi) is 5.26. The predicted octanol–water partition coefficient (Wildman–Crippen LogP) is 1.17. The molecule has 0 aromatic rings. The van der Waals surface area contributed by atoms with Crippen LogP contribution in [-0.4, -0.2) is 54.8 Å². The van der Waals surface area contributed by atoms with E-state index in [2.05, 4.69) is 11.9 Å². The Morgan fingerprint density at radius 3 is 2.79 bits per heavy atom. The fourth-order valence-corrected chi connectivity index (χ4v) is 1.81. The van der Waals surface area contributed by atoms with Gasteiger partial charge in [0.1, 0.15) is 0 Å². The summed E-state index contributed by atoms with van der Waals surface area (Å²) in [5.41, 5.74) is 0. The zero-order valence-electron chi connectivity index (χ0n) is 8.84. The van der Waals surface area contributed by atoms with Gasteiger partial charge in [0.2, 0.25) is 5.91 Å². The highest BCUT2D eigenvalue weighted by molar-refractivity contribution is 6.17. The number of nitrogens with zero attached hydrogens (tertiary/aromatic N) is 2. The van der Waals surface area contributed by atoms with Crippen molar-refractivity contribution in [2.45, 2.75) is 19.3 Å². The molecule has 4 heteroatoms. The molecule has 82 valence electrons. The van der Waals surface area contributed by atoms with Crippen LogP contribution < -0.4 is 0 Å². The Morgan fingerprint density at radius 2 is 2.07 bits per heavy atom. The number of halogens is 1. The van der Waals surface area contributed by atoms with Crippen LogP contribution in [0.4, 0.5) is 0 Å². The number of alkyl halides is 1. The second-order valence-corrected chi connectivity index (χ2v) is 4.21. The number of carbonyl (C=O) groups is 1. The average molecular weight is 219 g/mol. The molecule has 1 rings (SSSR count). The van der Waals surface area contributed by atoms with Gasteiger partial charge in [-0.1, -0.05) is 0 Å². The van der Waals surface area contributed by atoms with Gasteiger partial charge >= 0.3 is 0 Å². The number of likely N-dealkylation sites (N-methyl/N-ethyl adjacent to an activating group) is 1. The van der Waals surface area contributed by atoms with Crippen molar-refractivity contribution in [3.8, 4) is 0 Å². The van der Waals surface area contributed by atoms with Crippen molar-refractivity contribution in [1.82, 2.24) is 9.80 Å². The lowest BCUT2D eigenvalue weighted by molar-refractivity contribution is -0.131. The molecule has 14 heavy (non-hydrogen) atoms. The summed E-state index contributed by atoms with van der Waals surface area (Å²) in [6.45, 7) is 3.87. The molecule has 1 saturated heterocycles. The van der Waals surface area contributed by atoms with Crippen molar-refractivity contribution in [2.75, 3.05) is 39.1 Å². The van der Waals surface area contributed by atoms with Crippen LogP contribution in [0.25, 0.3) is 0 Å². The first-order valence-electron chi connectivity index (χ1n) is 5.26. The van der Waals surface area contributed by atoms with Crippen LogP contribution in [0.1, 0.15) is 19.3 Å². The Balaban J connectivity index is 2.31. The lowest BCUT2D eigenvalue weighted by Gasteiger charge is -2.20. The maximum absolute atomic E-state index is 11.7. The first-order chi connectivity index (χ1) is 6.74. The quantitative estimate of drug-likeness (QED) is 0.664. The summed E-state index contributed by atoms with van der Waals surface area (Å²) >= 11 is 5.56. The van der Waals surface area contributed by atoms with Gasteiger partial charge in [-0.05, 0) is 26.4 Å². The number of hydrogen-bond donors (Lipinski definition) is 0. The van der Waals surface area contributed by atoms with Gasteiger partial charge < -0.3 is 9.80 Å². The summed E-state index contributed by atoms with van der Waals surface area (Å²) in [6, 6.07) is 0.